The summed E-state index contributed by atoms with van der Waals surface area (Å²) >= 11 is 0. The number of hydrogen-bond acceptors (Lipinski definition) is 4. The third-order valence-corrected chi connectivity index (χ3v) is 1.87. The number of aliphatic imine (C=N–C) groups is 1. The van der Waals surface area contributed by atoms with Crippen LogP contribution in [0.25, 0.3) is 0 Å². The monoisotopic (exact) mass is 266 g/mol. The number of carboxylic acids is 2. The van der Waals surface area contributed by atoms with Gasteiger partial charge in [-0.3, -0.25) is 4.79 Å². The van der Waals surface area contributed by atoms with Crippen LogP contribution in [-0.2, 0) is 26.1 Å². The molecule has 1 aromatic rings. The summed E-state index contributed by atoms with van der Waals surface area (Å²) in [6.45, 7) is -0.110. The van der Waals surface area contributed by atoms with Crippen molar-refractivity contribution in [3.05, 3.63) is 35.9 Å². The maximum Gasteiger partial charge on any atom is 0.329 e. The fourth-order valence-corrected chi connectivity index (χ4v) is 0.991. The van der Waals surface area contributed by atoms with Crippen molar-refractivity contribution in [1.29, 1.82) is 0 Å². The van der Waals surface area contributed by atoms with Crippen LogP contribution in [0, 0.1) is 0 Å². The van der Waals surface area contributed by atoms with Gasteiger partial charge in [0.25, 0.3) is 0 Å². The highest BCUT2D eigenvalue weighted by Crippen LogP contribution is 1.96. The van der Waals surface area contributed by atoms with Gasteiger partial charge in [0, 0.05) is 0 Å². The molecule has 1 atom stereocenters. The summed E-state index contributed by atoms with van der Waals surface area (Å²) in [6, 6.07) is 7.77. The zero-order valence-electron chi connectivity index (χ0n) is 9.85. The number of benzene rings is 1. The van der Waals surface area contributed by atoms with E-state index >= 15 is 0 Å². The van der Waals surface area contributed by atoms with Crippen molar-refractivity contribution < 1.29 is 29.7 Å². The largest absolute Gasteiger partial charge is 0.481 e. The van der Waals surface area contributed by atoms with E-state index in [9.17, 15) is 19.5 Å². The van der Waals surface area contributed by atoms with Crippen LogP contribution in [0.3, 0.4) is 0 Å². The lowest BCUT2D eigenvalue weighted by Crippen LogP contribution is -2.21. The summed E-state index contributed by atoms with van der Waals surface area (Å²) in [5.41, 5.74) is 0.854. The predicted octanol–water partition coefficient (Wildman–Crippen LogP) is 0.867. The topological polar surface area (TPSA) is 124 Å². The van der Waals surface area contributed by atoms with E-state index < -0.39 is 24.4 Å². The quantitative estimate of drug-likeness (QED) is 0.604. The minimum atomic E-state index is -1.52. The number of carbonyl (C=O) groups is 2. The predicted molar refractivity (Wildman–Crippen MR) is 62.6 cm³/mol. The Bertz CT molecular complexity index is 451. The molecule has 0 spiro atoms. The minimum Gasteiger partial charge on any atom is -0.481 e. The van der Waals surface area contributed by atoms with Crippen LogP contribution in [0.1, 0.15) is 12.0 Å². The van der Waals surface area contributed by atoms with E-state index in [0.717, 1.165) is 11.6 Å². The van der Waals surface area contributed by atoms with Crippen LogP contribution < -0.4 is 0 Å². The molecule has 0 bridgehead atoms. The van der Waals surface area contributed by atoms with Gasteiger partial charge in [-0.05, 0) is 5.56 Å². The molecule has 0 aromatic heterocycles. The summed E-state index contributed by atoms with van der Waals surface area (Å²) in [5, 5.41) is 26.5. The first-order valence-electron chi connectivity index (χ1n) is 5.14. The van der Waals surface area contributed by atoms with E-state index in [1.165, 1.54) is 0 Å². The molecule has 1 rings (SSSR count). The van der Waals surface area contributed by atoms with Crippen LogP contribution in [0.15, 0.2) is 35.3 Å². The number of aliphatic carboxylic acids is 2. The number of nitrogens with zero attached hydrogens (tertiary/aromatic N) is 1. The standard InChI is InChI=1S/C7H7O.C5H5NO5/c8-6-7-4-2-1-3-5-7;7-2-6-3(5(10)11)1-4(8)9/h1-5H,6H2;3H,1H2,(H,8,9)(H,10,11). The van der Waals surface area contributed by atoms with E-state index in [0.29, 0.717) is 0 Å². The van der Waals surface area contributed by atoms with Crippen molar-refractivity contribution in [2.24, 2.45) is 4.99 Å². The molecule has 0 aliphatic carbocycles. The fourth-order valence-electron chi connectivity index (χ4n) is 0.991. The molecule has 0 aliphatic rings. The van der Waals surface area contributed by atoms with Crippen LogP contribution >= 0.6 is 0 Å². The van der Waals surface area contributed by atoms with Crippen molar-refractivity contribution in [2.75, 3.05) is 0 Å². The molecule has 7 heteroatoms. The Morgan fingerprint density at radius 3 is 2.11 bits per heavy atom. The summed E-state index contributed by atoms with van der Waals surface area (Å²) < 4.78 is 0. The first-order valence-corrected chi connectivity index (χ1v) is 5.14. The Labute approximate surface area is 108 Å². The zero-order chi connectivity index (χ0) is 14.7. The highest BCUT2D eigenvalue weighted by molar-refractivity contribution is 5.81. The van der Waals surface area contributed by atoms with Gasteiger partial charge >= 0.3 is 11.9 Å². The highest BCUT2D eigenvalue weighted by Gasteiger charge is 2.19. The Morgan fingerprint density at radius 2 is 1.79 bits per heavy atom. The maximum atomic E-state index is 10.1. The van der Waals surface area contributed by atoms with E-state index in [4.69, 9.17) is 10.2 Å². The first kappa shape index (κ1) is 16.5. The summed E-state index contributed by atoms with van der Waals surface area (Å²) in [5.74, 6) is -2.77. The van der Waals surface area contributed by atoms with Crippen molar-refractivity contribution in [3.63, 3.8) is 0 Å². The highest BCUT2D eigenvalue weighted by atomic mass is 16.4. The average Bonchev–Trinajstić information content (AvgIpc) is 2.39. The molecule has 1 aromatic carbocycles. The van der Waals surface area contributed by atoms with Gasteiger partial charge in [0.2, 0.25) is 6.08 Å². The molecule has 0 heterocycles. The molecule has 0 aliphatic heterocycles. The van der Waals surface area contributed by atoms with Gasteiger partial charge in [0.15, 0.2) is 6.04 Å². The smallest absolute Gasteiger partial charge is 0.329 e. The summed E-state index contributed by atoms with van der Waals surface area (Å²) in [6.07, 6.45) is 0.282. The van der Waals surface area contributed by atoms with Crippen LogP contribution in [0.2, 0.25) is 0 Å². The van der Waals surface area contributed by atoms with Crippen LogP contribution in [0.5, 0.6) is 0 Å². The maximum absolute atomic E-state index is 10.1. The lowest BCUT2D eigenvalue weighted by atomic mass is 10.2. The number of hydrogen-bond donors (Lipinski definition) is 2. The summed E-state index contributed by atoms with van der Waals surface area (Å²) in [7, 11) is 0. The SMILES string of the molecule is O=C=NC(CC(=O)O)C(=O)O.[O]Cc1ccccc1. The second kappa shape index (κ2) is 9.52. The molecule has 0 fully saturated rings. The van der Waals surface area contributed by atoms with E-state index in [1.54, 1.807) is 0 Å². The van der Waals surface area contributed by atoms with Crippen LogP contribution in [-0.4, -0.2) is 34.3 Å². The molecular formula is C12H12NO6. The Kier molecular flexibility index (Phi) is 8.27. The molecule has 0 saturated heterocycles. The first-order chi connectivity index (χ1) is 9.01. The molecule has 0 amide bonds. The van der Waals surface area contributed by atoms with Gasteiger partial charge in [-0.25, -0.2) is 14.7 Å². The Morgan fingerprint density at radius 1 is 1.21 bits per heavy atom. The molecule has 1 unspecified atom stereocenters. The van der Waals surface area contributed by atoms with Gasteiger partial charge < -0.3 is 10.2 Å². The molecular weight excluding hydrogens is 254 g/mol. The second-order valence-corrected chi connectivity index (χ2v) is 3.30. The van der Waals surface area contributed by atoms with Crippen LogP contribution in [0.4, 0.5) is 0 Å². The molecule has 2 N–H and O–H groups in total. The molecule has 1 radical (unpaired) electrons. The number of carbonyl (C=O) groups excluding carboxylic acids is 1. The van der Waals surface area contributed by atoms with E-state index in [2.05, 4.69) is 4.99 Å². The lowest BCUT2D eigenvalue weighted by Gasteiger charge is -1.98. The van der Waals surface area contributed by atoms with Gasteiger partial charge in [-0.15, -0.1) is 0 Å². The van der Waals surface area contributed by atoms with Crippen molar-refractivity contribution >= 4 is 18.0 Å². The number of isocyanates is 1. The zero-order valence-corrected chi connectivity index (χ0v) is 9.85. The van der Waals surface area contributed by atoms with E-state index in [-0.39, 0.29) is 6.61 Å². The van der Waals surface area contributed by atoms with Gasteiger partial charge in [0.05, 0.1) is 6.42 Å². The lowest BCUT2D eigenvalue weighted by molar-refractivity contribution is -0.144. The number of rotatable bonds is 5. The molecule has 7 nitrogen and oxygen atoms in total. The van der Waals surface area contributed by atoms with E-state index in [1.807, 2.05) is 30.3 Å². The van der Waals surface area contributed by atoms with Gasteiger partial charge in [0.1, 0.15) is 6.61 Å². The second-order valence-electron chi connectivity index (χ2n) is 3.30. The third kappa shape index (κ3) is 8.25. The third-order valence-electron chi connectivity index (χ3n) is 1.87. The van der Waals surface area contributed by atoms with Crippen molar-refractivity contribution in [2.45, 2.75) is 19.1 Å². The average molecular weight is 266 g/mol. The Balaban J connectivity index is 0.000000356. The molecule has 0 saturated carbocycles. The van der Waals surface area contributed by atoms with Gasteiger partial charge in [-0.1, -0.05) is 30.3 Å². The van der Waals surface area contributed by atoms with Crippen molar-refractivity contribution in [1.82, 2.24) is 0 Å². The van der Waals surface area contributed by atoms with Crippen molar-refractivity contribution in [3.8, 4) is 0 Å². The molecule has 19 heavy (non-hydrogen) atoms. The fraction of sp³-hybridized carbons (Fsp3) is 0.250. The molecule has 101 valence electrons. The van der Waals surface area contributed by atoms with Gasteiger partial charge in [-0.2, -0.15) is 4.99 Å². The minimum absolute atomic E-state index is 0.110. The Hall–Kier alpha value is -2.50. The normalized spacial score (nSPS) is 10.4. The number of carboxylic acid groups (broad SMARTS) is 2. The summed E-state index contributed by atoms with van der Waals surface area (Å²) in [4.78, 5) is 32.4.